The van der Waals surface area contributed by atoms with E-state index in [2.05, 4.69) is 18.2 Å². The van der Waals surface area contributed by atoms with E-state index in [1.165, 1.54) is 21.1 Å². The SMILES string of the molecule is COc1ccc(OC)c([C@H]2[C@H]3CN(C(C)=O)CC=C3C(C#N)=C(N)C2(C#N)C#N)c1. The van der Waals surface area contributed by atoms with Gasteiger partial charge in [-0.05, 0) is 23.8 Å². The monoisotopic (exact) mass is 403 g/mol. The molecular weight excluding hydrogens is 382 g/mol. The Morgan fingerprint density at radius 3 is 2.47 bits per heavy atom. The second kappa shape index (κ2) is 7.81. The van der Waals surface area contributed by atoms with Crippen LogP contribution >= 0.6 is 0 Å². The molecule has 1 heterocycles. The van der Waals surface area contributed by atoms with Crippen molar-refractivity contribution in [3.63, 3.8) is 0 Å². The molecule has 3 rings (SSSR count). The lowest BCUT2D eigenvalue weighted by atomic mass is 9.58. The highest BCUT2D eigenvalue weighted by Crippen LogP contribution is 2.56. The summed E-state index contributed by atoms with van der Waals surface area (Å²) in [6.45, 7) is 2.03. The van der Waals surface area contributed by atoms with Crippen LogP contribution in [0.2, 0.25) is 0 Å². The Morgan fingerprint density at radius 2 is 1.93 bits per heavy atom. The number of benzene rings is 1. The number of ether oxygens (including phenoxy) is 2. The third-order valence-corrected chi connectivity index (χ3v) is 5.88. The second-order valence-electron chi connectivity index (χ2n) is 7.21. The van der Waals surface area contributed by atoms with Gasteiger partial charge in [-0.3, -0.25) is 4.79 Å². The molecule has 0 unspecified atom stereocenters. The molecule has 1 aliphatic heterocycles. The zero-order valence-electron chi connectivity index (χ0n) is 17.0. The fraction of sp³-hybridized carbons (Fsp3) is 0.364. The number of amides is 1. The predicted molar refractivity (Wildman–Crippen MR) is 107 cm³/mol. The van der Waals surface area contributed by atoms with E-state index in [1.54, 1.807) is 29.2 Å². The van der Waals surface area contributed by atoms with Gasteiger partial charge in [0, 0.05) is 37.4 Å². The van der Waals surface area contributed by atoms with Crippen molar-refractivity contribution in [2.24, 2.45) is 17.1 Å². The molecule has 0 saturated heterocycles. The van der Waals surface area contributed by atoms with Gasteiger partial charge < -0.3 is 20.1 Å². The molecule has 2 atom stereocenters. The summed E-state index contributed by atoms with van der Waals surface area (Å²) in [5.74, 6) is -0.424. The Bertz CT molecular complexity index is 1070. The minimum Gasteiger partial charge on any atom is -0.497 e. The van der Waals surface area contributed by atoms with Gasteiger partial charge in [0.2, 0.25) is 5.91 Å². The minimum absolute atomic E-state index is 0.0800. The molecule has 8 nitrogen and oxygen atoms in total. The van der Waals surface area contributed by atoms with E-state index in [1.807, 2.05) is 0 Å². The maximum Gasteiger partial charge on any atom is 0.219 e. The summed E-state index contributed by atoms with van der Waals surface area (Å²) in [4.78, 5) is 13.7. The third-order valence-electron chi connectivity index (χ3n) is 5.88. The van der Waals surface area contributed by atoms with Crippen LogP contribution in [-0.2, 0) is 4.79 Å². The molecule has 1 aliphatic carbocycles. The van der Waals surface area contributed by atoms with Gasteiger partial charge in [-0.1, -0.05) is 6.08 Å². The highest BCUT2D eigenvalue weighted by atomic mass is 16.5. The summed E-state index contributed by atoms with van der Waals surface area (Å²) in [6.07, 6.45) is 1.78. The minimum atomic E-state index is -1.81. The van der Waals surface area contributed by atoms with Crippen molar-refractivity contribution in [2.45, 2.75) is 12.8 Å². The maximum absolute atomic E-state index is 12.1. The van der Waals surface area contributed by atoms with Gasteiger partial charge in [-0.25, -0.2) is 0 Å². The zero-order chi connectivity index (χ0) is 22.1. The molecule has 0 saturated carbocycles. The molecule has 0 radical (unpaired) electrons. The van der Waals surface area contributed by atoms with Crippen LogP contribution in [0.4, 0.5) is 0 Å². The van der Waals surface area contributed by atoms with Crippen molar-refractivity contribution in [3.8, 4) is 29.7 Å². The first-order valence-electron chi connectivity index (χ1n) is 9.29. The van der Waals surface area contributed by atoms with Gasteiger partial charge in [-0.2, -0.15) is 15.8 Å². The quantitative estimate of drug-likeness (QED) is 0.814. The van der Waals surface area contributed by atoms with E-state index >= 15 is 0 Å². The van der Waals surface area contributed by atoms with Crippen LogP contribution in [0.25, 0.3) is 0 Å². The van der Waals surface area contributed by atoms with Crippen LogP contribution in [-0.4, -0.2) is 38.1 Å². The van der Waals surface area contributed by atoms with Crippen molar-refractivity contribution in [3.05, 3.63) is 46.7 Å². The molecule has 1 aromatic carbocycles. The number of carbonyl (C=O) groups is 1. The Hall–Kier alpha value is -3.96. The standard InChI is InChI=1S/C22H21N5O3/c1-13(28)27-7-6-15-17(9-23)21(26)22(11-24,12-25)20(18(15)10-27)16-8-14(29-2)4-5-19(16)30-3/h4-6,8,18,20H,7,10,26H2,1-3H3/t18-,20-/m0/s1. The summed E-state index contributed by atoms with van der Waals surface area (Å²) in [5.41, 5.74) is 5.73. The number of hydrogen-bond donors (Lipinski definition) is 1. The molecule has 152 valence electrons. The number of carbonyl (C=O) groups excluding carboxylic acids is 1. The maximum atomic E-state index is 12.1. The largest absolute Gasteiger partial charge is 0.497 e. The van der Waals surface area contributed by atoms with E-state index in [0.717, 1.165) is 0 Å². The van der Waals surface area contributed by atoms with Gasteiger partial charge in [0.1, 0.15) is 17.6 Å². The number of allylic oxidation sites excluding steroid dienone is 2. The number of methoxy groups -OCH3 is 2. The topological polar surface area (TPSA) is 136 Å². The van der Waals surface area contributed by atoms with Gasteiger partial charge in [0.05, 0.1) is 37.6 Å². The summed E-state index contributed by atoms with van der Waals surface area (Å²) in [6, 6.07) is 11.3. The Balaban J connectivity index is 2.38. The molecule has 0 bridgehead atoms. The van der Waals surface area contributed by atoms with E-state index in [9.17, 15) is 20.6 Å². The van der Waals surface area contributed by atoms with Crippen LogP contribution in [0, 0.1) is 45.3 Å². The lowest BCUT2D eigenvalue weighted by Crippen LogP contribution is -2.49. The molecule has 0 aromatic heterocycles. The molecular formula is C22H21N5O3. The third kappa shape index (κ3) is 2.93. The normalized spacial score (nSPS) is 22.0. The van der Waals surface area contributed by atoms with E-state index in [0.29, 0.717) is 29.2 Å². The van der Waals surface area contributed by atoms with Crippen molar-refractivity contribution >= 4 is 5.91 Å². The van der Waals surface area contributed by atoms with Crippen LogP contribution < -0.4 is 15.2 Å². The van der Waals surface area contributed by atoms with Gasteiger partial charge >= 0.3 is 0 Å². The average molecular weight is 403 g/mol. The van der Waals surface area contributed by atoms with E-state index < -0.39 is 17.3 Å². The second-order valence-corrected chi connectivity index (χ2v) is 7.21. The van der Waals surface area contributed by atoms with Crippen LogP contribution in [0.5, 0.6) is 11.5 Å². The number of hydrogen-bond acceptors (Lipinski definition) is 7. The lowest BCUT2D eigenvalue weighted by Gasteiger charge is -2.45. The first-order valence-corrected chi connectivity index (χ1v) is 9.29. The van der Waals surface area contributed by atoms with Crippen LogP contribution in [0.1, 0.15) is 18.4 Å². The molecule has 2 aliphatic rings. The van der Waals surface area contributed by atoms with Crippen molar-refractivity contribution in [1.29, 1.82) is 15.8 Å². The number of fused-ring (bicyclic) bond motifs is 1. The summed E-state index contributed by atoms with van der Waals surface area (Å²) < 4.78 is 10.9. The predicted octanol–water partition coefficient (Wildman–Crippen LogP) is 1.98. The number of nitrogens with zero attached hydrogens (tertiary/aromatic N) is 4. The van der Waals surface area contributed by atoms with Crippen molar-refractivity contribution < 1.29 is 14.3 Å². The van der Waals surface area contributed by atoms with Crippen molar-refractivity contribution in [1.82, 2.24) is 4.90 Å². The highest BCUT2D eigenvalue weighted by molar-refractivity contribution is 5.74. The Labute approximate surface area is 175 Å². The summed E-state index contributed by atoms with van der Waals surface area (Å²) in [7, 11) is 3.01. The number of rotatable bonds is 3. The van der Waals surface area contributed by atoms with Gasteiger partial charge in [-0.15, -0.1) is 0 Å². The molecule has 0 fully saturated rings. The Morgan fingerprint density at radius 1 is 1.23 bits per heavy atom. The van der Waals surface area contributed by atoms with E-state index in [4.69, 9.17) is 15.2 Å². The Kier molecular flexibility index (Phi) is 5.41. The smallest absolute Gasteiger partial charge is 0.219 e. The summed E-state index contributed by atoms with van der Waals surface area (Å²) >= 11 is 0. The number of nitriles is 3. The fourth-order valence-corrected chi connectivity index (χ4v) is 4.36. The van der Waals surface area contributed by atoms with Gasteiger partial charge in [0.25, 0.3) is 0 Å². The first kappa shape index (κ1) is 20.8. The molecule has 8 heteroatoms. The highest BCUT2D eigenvalue weighted by Gasteiger charge is 2.55. The van der Waals surface area contributed by atoms with Crippen LogP contribution in [0.3, 0.4) is 0 Å². The van der Waals surface area contributed by atoms with Crippen molar-refractivity contribution in [2.75, 3.05) is 27.3 Å². The lowest BCUT2D eigenvalue weighted by molar-refractivity contribution is -0.129. The van der Waals surface area contributed by atoms with Crippen LogP contribution in [0.15, 0.2) is 41.1 Å². The molecule has 0 spiro atoms. The first-order chi connectivity index (χ1) is 14.4. The molecule has 1 aromatic rings. The number of nitrogens with two attached hydrogens (primary N) is 1. The fourth-order valence-electron chi connectivity index (χ4n) is 4.36. The molecule has 30 heavy (non-hydrogen) atoms. The average Bonchev–Trinajstić information content (AvgIpc) is 2.77. The zero-order valence-corrected chi connectivity index (χ0v) is 17.0. The summed E-state index contributed by atoms with van der Waals surface area (Å²) in [5, 5.41) is 30.1. The molecule has 1 amide bonds. The molecule has 2 N–H and O–H groups in total. The van der Waals surface area contributed by atoms with E-state index in [-0.39, 0.29) is 23.7 Å². The van der Waals surface area contributed by atoms with Gasteiger partial charge in [0.15, 0.2) is 5.41 Å².